The van der Waals surface area contributed by atoms with Gasteiger partial charge >= 0.3 is 0 Å². The Kier molecular flexibility index (Phi) is 3.62. The Morgan fingerprint density at radius 1 is 1.70 bits per heavy atom. The molecule has 0 aliphatic carbocycles. The summed E-state index contributed by atoms with van der Waals surface area (Å²) in [5, 5.41) is -1.09. The van der Waals surface area contributed by atoms with Gasteiger partial charge in [-0.1, -0.05) is 18.3 Å². The number of carbonyl (C=O) groups excluding carboxylic acids is 1. The molecular weight excluding hydrogens is 176 g/mol. The molecule has 0 aromatic heterocycles. The van der Waals surface area contributed by atoms with E-state index in [2.05, 4.69) is 6.58 Å². The van der Waals surface area contributed by atoms with Gasteiger partial charge in [0.05, 0.1) is 0 Å². The molecule has 6 heteroatoms. The Labute approximate surface area is 63.1 Å². The minimum absolute atomic E-state index is 0.474. The fraction of sp³-hybridized carbons (Fsp3) is 0.250. The highest BCUT2D eigenvalue weighted by Crippen LogP contribution is 2.04. The van der Waals surface area contributed by atoms with Gasteiger partial charge in [-0.15, -0.1) is 0 Å². The summed E-state index contributed by atoms with van der Waals surface area (Å²) in [4.78, 5) is 10.3. The Bertz CT molecular complexity index is 228. The molecule has 0 rings (SSSR count). The summed E-state index contributed by atoms with van der Waals surface area (Å²) in [7, 11) is -4.03. The van der Waals surface area contributed by atoms with Crippen LogP contribution in [0.4, 0.5) is 0 Å². The minimum Gasteiger partial charge on any atom is -0.285 e. The maximum Gasteiger partial charge on any atom is 0.274 e. The van der Waals surface area contributed by atoms with E-state index in [1.54, 1.807) is 0 Å². The number of hydrogen-bond acceptors (Lipinski definition) is 4. The van der Waals surface area contributed by atoms with Crippen LogP contribution in [-0.4, -0.2) is 23.2 Å². The van der Waals surface area contributed by atoms with E-state index in [0.717, 1.165) is 6.08 Å². The quantitative estimate of drug-likeness (QED) is 0.501. The van der Waals surface area contributed by atoms with Gasteiger partial charge in [0.2, 0.25) is 5.12 Å². The third kappa shape index (κ3) is 5.80. The Morgan fingerprint density at radius 2 is 2.20 bits per heavy atom. The lowest BCUT2D eigenvalue weighted by molar-refractivity contribution is -0.107. The third-order valence-corrected chi connectivity index (χ3v) is 2.63. The molecule has 1 N–H and O–H groups in total. The predicted octanol–water partition coefficient (Wildman–Crippen LogP) is 0.278. The first-order valence-electron chi connectivity index (χ1n) is 2.20. The van der Waals surface area contributed by atoms with Crippen molar-refractivity contribution in [3.63, 3.8) is 0 Å². The predicted molar refractivity (Wildman–Crippen MR) is 39.2 cm³/mol. The van der Waals surface area contributed by atoms with Crippen LogP contribution in [0, 0.1) is 0 Å². The molecule has 0 unspecified atom stereocenters. The van der Waals surface area contributed by atoms with Crippen molar-refractivity contribution in [2.24, 2.45) is 0 Å². The molecule has 0 heterocycles. The topological polar surface area (TPSA) is 71.4 Å². The summed E-state index contributed by atoms with van der Waals surface area (Å²) in [5.41, 5.74) is 0. The van der Waals surface area contributed by atoms with Crippen molar-refractivity contribution >= 4 is 27.0 Å². The summed E-state index contributed by atoms with van der Waals surface area (Å²) >= 11 is 0.488. The molecule has 10 heavy (non-hydrogen) atoms. The van der Waals surface area contributed by atoms with Crippen LogP contribution in [0.1, 0.15) is 0 Å². The average Bonchev–Trinajstić information content (AvgIpc) is 1.81. The van der Waals surface area contributed by atoms with E-state index in [-0.39, 0.29) is 0 Å². The molecule has 0 aliphatic rings. The van der Waals surface area contributed by atoms with Crippen LogP contribution in [0.2, 0.25) is 0 Å². The van der Waals surface area contributed by atoms with Crippen molar-refractivity contribution in [3.05, 3.63) is 12.7 Å². The van der Waals surface area contributed by atoms with Gasteiger partial charge in [-0.05, 0) is 6.08 Å². The summed E-state index contributed by atoms with van der Waals surface area (Å²) in [6.45, 7) is 3.11. The third-order valence-electron chi connectivity index (χ3n) is 0.517. The minimum atomic E-state index is -4.03. The molecule has 0 saturated heterocycles. The zero-order chi connectivity index (χ0) is 8.20. The zero-order valence-electron chi connectivity index (χ0n) is 4.98. The molecule has 0 bridgehead atoms. The molecular formula is C4H6O4S2. The van der Waals surface area contributed by atoms with Gasteiger partial charge < -0.3 is 0 Å². The molecule has 4 nitrogen and oxygen atoms in total. The number of hydrogen-bond donors (Lipinski definition) is 1. The van der Waals surface area contributed by atoms with E-state index in [1.165, 1.54) is 0 Å². The van der Waals surface area contributed by atoms with Crippen LogP contribution in [0.3, 0.4) is 0 Å². The number of thioether (sulfide) groups is 1. The lowest BCUT2D eigenvalue weighted by Crippen LogP contribution is -2.01. The van der Waals surface area contributed by atoms with E-state index in [4.69, 9.17) is 4.55 Å². The van der Waals surface area contributed by atoms with Gasteiger partial charge in [0.15, 0.2) is 0 Å². The van der Waals surface area contributed by atoms with Crippen LogP contribution in [0.25, 0.3) is 0 Å². The molecule has 0 spiro atoms. The Balaban J connectivity index is 3.78. The molecule has 0 atom stereocenters. The Morgan fingerprint density at radius 3 is 2.50 bits per heavy atom. The number of carbonyl (C=O) groups is 1. The van der Waals surface area contributed by atoms with Crippen molar-refractivity contribution in [1.29, 1.82) is 0 Å². The van der Waals surface area contributed by atoms with Crippen molar-refractivity contribution in [2.45, 2.75) is 0 Å². The van der Waals surface area contributed by atoms with E-state index >= 15 is 0 Å². The van der Waals surface area contributed by atoms with Crippen LogP contribution in [0.15, 0.2) is 12.7 Å². The van der Waals surface area contributed by atoms with Gasteiger partial charge in [0.25, 0.3) is 10.1 Å². The highest BCUT2D eigenvalue weighted by Gasteiger charge is 2.06. The summed E-state index contributed by atoms with van der Waals surface area (Å²) in [6, 6.07) is 0. The normalized spacial score (nSPS) is 10.9. The average molecular weight is 182 g/mol. The summed E-state index contributed by atoms with van der Waals surface area (Å²) in [5.74, 6) is 0. The van der Waals surface area contributed by atoms with E-state index in [1.807, 2.05) is 0 Å². The first-order valence-corrected chi connectivity index (χ1v) is 4.79. The van der Waals surface area contributed by atoms with E-state index in [9.17, 15) is 13.2 Å². The molecule has 0 saturated carbocycles. The van der Waals surface area contributed by atoms with Crippen molar-refractivity contribution in [2.75, 3.05) is 5.08 Å². The molecule has 0 aromatic carbocycles. The van der Waals surface area contributed by atoms with E-state index in [0.29, 0.717) is 11.8 Å². The lowest BCUT2D eigenvalue weighted by atomic mass is 10.7. The van der Waals surface area contributed by atoms with Gasteiger partial charge in [0, 0.05) is 0 Å². The molecule has 0 fully saturated rings. The van der Waals surface area contributed by atoms with Crippen LogP contribution < -0.4 is 0 Å². The maximum atomic E-state index is 10.3. The smallest absolute Gasteiger partial charge is 0.274 e. The second kappa shape index (κ2) is 3.75. The first kappa shape index (κ1) is 9.67. The van der Waals surface area contributed by atoms with Crippen molar-refractivity contribution in [3.8, 4) is 0 Å². The van der Waals surface area contributed by atoms with Gasteiger partial charge in [-0.25, -0.2) is 0 Å². The second-order valence-corrected chi connectivity index (χ2v) is 4.16. The second-order valence-electron chi connectivity index (χ2n) is 1.37. The fourth-order valence-electron chi connectivity index (χ4n) is 0.191. The maximum absolute atomic E-state index is 10.3. The van der Waals surface area contributed by atoms with Crippen LogP contribution in [0.5, 0.6) is 0 Å². The first-order chi connectivity index (χ1) is 4.45. The van der Waals surface area contributed by atoms with E-state index < -0.39 is 20.3 Å². The fourth-order valence-corrected chi connectivity index (χ4v) is 1.37. The standard InChI is InChI=1S/C4H6O4S2/c1-2-4(5)9-3-10(6,7)8/h2H,1,3H2,(H,6,7,8). The highest BCUT2D eigenvalue weighted by atomic mass is 32.3. The summed E-state index contributed by atoms with van der Waals surface area (Å²) in [6.07, 6.45) is 0.982. The van der Waals surface area contributed by atoms with Gasteiger partial charge in [-0.2, -0.15) is 8.42 Å². The highest BCUT2D eigenvalue weighted by molar-refractivity contribution is 8.21. The monoisotopic (exact) mass is 182 g/mol. The van der Waals surface area contributed by atoms with Crippen LogP contribution in [-0.2, 0) is 14.9 Å². The van der Waals surface area contributed by atoms with Gasteiger partial charge in [-0.3, -0.25) is 9.35 Å². The molecule has 0 radical (unpaired) electrons. The molecule has 0 aromatic rings. The zero-order valence-corrected chi connectivity index (χ0v) is 6.61. The molecule has 0 aliphatic heterocycles. The molecule has 58 valence electrons. The van der Waals surface area contributed by atoms with Crippen LogP contribution >= 0.6 is 11.8 Å². The molecule has 0 amide bonds. The number of rotatable bonds is 3. The summed E-state index contributed by atoms with van der Waals surface area (Å²) < 4.78 is 28.1. The van der Waals surface area contributed by atoms with Crippen molar-refractivity contribution in [1.82, 2.24) is 0 Å². The largest absolute Gasteiger partial charge is 0.285 e. The SMILES string of the molecule is C=CC(=O)SCS(=O)(=O)O. The van der Waals surface area contributed by atoms with Crippen molar-refractivity contribution < 1.29 is 17.8 Å². The lowest BCUT2D eigenvalue weighted by Gasteiger charge is -1.90. The Hall–Kier alpha value is -0.330. The van der Waals surface area contributed by atoms with Gasteiger partial charge in [0.1, 0.15) is 5.08 Å².